The number of thiazole rings is 1. The maximum atomic E-state index is 12.4. The van der Waals surface area contributed by atoms with Gasteiger partial charge in [-0.25, -0.2) is 10.5 Å². The Morgan fingerprint density at radius 1 is 1.43 bits per heavy atom. The molecule has 2 aromatic heterocycles. The number of nitrogens with one attached hydrogen (secondary N) is 1. The highest BCUT2D eigenvalue weighted by molar-refractivity contribution is 7.09. The lowest BCUT2D eigenvalue weighted by molar-refractivity contribution is 0.0699. The Balaban J connectivity index is 1.79. The summed E-state index contributed by atoms with van der Waals surface area (Å²) in [7, 11) is 0. The zero-order chi connectivity index (χ0) is 15.0. The minimum absolute atomic E-state index is 0.0973. The van der Waals surface area contributed by atoms with Crippen molar-refractivity contribution in [2.45, 2.75) is 20.0 Å². The summed E-state index contributed by atoms with van der Waals surface area (Å²) in [5, 5.41) is 11.3. The molecule has 2 N–H and O–H groups in total. The Kier molecular flexibility index (Phi) is 3.48. The maximum Gasteiger partial charge on any atom is 0.276 e. The van der Waals surface area contributed by atoms with Gasteiger partial charge >= 0.3 is 0 Å². The van der Waals surface area contributed by atoms with Gasteiger partial charge in [0.05, 0.1) is 17.1 Å². The van der Waals surface area contributed by atoms with Crippen molar-refractivity contribution in [1.29, 1.82) is 0 Å². The molecule has 8 heteroatoms. The Labute approximate surface area is 124 Å². The zero-order valence-corrected chi connectivity index (χ0v) is 12.2. The topological polar surface area (TPSA) is 87.5 Å². The number of carbonyl (C=O) groups is 2. The third-order valence-corrected chi connectivity index (χ3v) is 4.21. The van der Waals surface area contributed by atoms with Crippen LogP contribution in [0.15, 0.2) is 17.6 Å². The number of nitrogens with zero attached hydrogens (tertiary/aromatic N) is 3. The summed E-state index contributed by atoms with van der Waals surface area (Å²) in [6, 6.07) is 1.68. The predicted molar refractivity (Wildman–Crippen MR) is 75.3 cm³/mol. The molecule has 3 heterocycles. The number of amides is 2. The second-order valence-electron chi connectivity index (χ2n) is 4.83. The van der Waals surface area contributed by atoms with Crippen LogP contribution in [0.5, 0.6) is 0 Å². The largest absolute Gasteiger partial charge is 0.347 e. The molecular weight excluding hydrogens is 292 g/mol. The molecule has 0 saturated heterocycles. The van der Waals surface area contributed by atoms with Gasteiger partial charge in [0.1, 0.15) is 5.69 Å². The van der Waals surface area contributed by atoms with Gasteiger partial charge < -0.3 is 9.47 Å². The minimum atomic E-state index is -0.551. The van der Waals surface area contributed by atoms with Crippen molar-refractivity contribution in [2.24, 2.45) is 0 Å². The van der Waals surface area contributed by atoms with Crippen LogP contribution in [0.3, 0.4) is 0 Å². The second kappa shape index (κ2) is 5.30. The first kappa shape index (κ1) is 13.8. The SMILES string of the molecule is Cc1nc(C(=O)N2CCn3cc(C(=O)NO)cc3C2)cs1. The molecule has 0 radical (unpaired) electrons. The smallest absolute Gasteiger partial charge is 0.276 e. The van der Waals surface area contributed by atoms with Gasteiger partial charge in [-0.15, -0.1) is 11.3 Å². The first-order valence-corrected chi connectivity index (χ1v) is 7.31. The van der Waals surface area contributed by atoms with E-state index < -0.39 is 5.91 Å². The van der Waals surface area contributed by atoms with Gasteiger partial charge in [0, 0.05) is 30.4 Å². The molecule has 0 spiro atoms. The summed E-state index contributed by atoms with van der Waals surface area (Å²) in [5.41, 5.74) is 3.32. The summed E-state index contributed by atoms with van der Waals surface area (Å²) in [5.74, 6) is -0.648. The van der Waals surface area contributed by atoms with Crippen LogP contribution in [-0.2, 0) is 13.1 Å². The van der Waals surface area contributed by atoms with E-state index in [1.54, 1.807) is 28.0 Å². The van der Waals surface area contributed by atoms with Crippen molar-refractivity contribution in [1.82, 2.24) is 19.9 Å². The van der Waals surface area contributed by atoms with Crippen molar-refractivity contribution in [2.75, 3.05) is 6.54 Å². The van der Waals surface area contributed by atoms with Crippen molar-refractivity contribution < 1.29 is 14.8 Å². The van der Waals surface area contributed by atoms with E-state index in [2.05, 4.69) is 4.98 Å². The van der Waals surface area contributed by atoms with Gasteiger partial charge in [0.25, 0.3) is 11.8 Å². The van der Waals surface area contributed by atoms with E-state index >= 15 is 0 Å². The van der Waals surface area contributed by atoms with Gasteiger partial charge in [-0.3, -0.25) is 14.8 Å². The molecule has 2 amide bonds. The first-order chi connectivity index (χ1) is 10.1. The van der Waals surface area contributed by atoms with Gasteiger partial charge in [0.15, 0.2) is 0 Å². The third-order valence-electron chi connectivity index (χ3n) is 3.44. The molecule has 3 rings (SSSR count). The molecule has 0 saturated carbocycles. The minimum Gasteiger partial charge on any atom is -0.347 e. The lowest BCUT2D eigenvalue weighted by Gasteiger charge is -2.28. The van der Waals surface area contributed by atoms with Crippen molar-refractivity contribution in [3.05, 3.63) is 39.6 Å². The van der Waals surface area contributed by atoms with Crippen LogP contribution in [0.4, 0.5) is 0 Å². The van der Waals surface area contributed by atoms with Crippen LogP contribution < -0.4 is 5.48 Å². The number of hydrogen-bond acceptors (Lipinski definition) is 5. The van der Waals surface area contributed by atoms with Crippen molar-refractivity contribution >= 4 is 23.2 Å². The molecular formula is C13H14N4O3S. The van der Waals surface area contributed by atoms with Crippen LogP contribution in [0.2, 0.25) is 0 Å². The highest BCUT2D eigenvalue weighted by Gasteiger charge is 2.24. The molecule has 110 valence electrons. The fourth-order valence-corrected chi connectivity index (χ4v) is 2.97. The second-order valence-corrected chi connectivity index (χ2v) is 5.90. The van der Waals surface area contributed by atoms with Gasteiger partial charge in [-0.2, -0.15) is 0 Å². The fourth-order valence-electron chi connectivity index (χ4n) is 2.38. The predicted octanol–water partition coefficient (Wildman–Crippen LogP) is 1.03. The monoisotopic (exact) mass is 306 g/mol. The van der Waals surface area contributed by atoms with Gasteiger partial charge in [-0.1, -0.05) is 0 Å². The van der Waals surface area contributed by atoms with Crippen LogP contribution in [-0.4, -0.2) is 38.0 Å². The van der Waals surface area contributed by atoms with Crippen molar-refractivity contribution in [3.8, 4) is 0 Å². The molecule has 0 aromatic carbocycles. The molecule has 0 unspecified atom stereocenters. The van der Waals surface area contributed by atoms with Gasteiger partial charge in [0.2, 0.25) is 0 Å². The quantitative estimate of drug-likeness (QED) is 0.641. The maximum absolute atomic E-state index is 12.4. The standard InChI is InChI=1S/C13H14N4O3S/c1-8-14-11(7-21-8)13(19)17-3-2-16-5-9(12(18)15-20)4-10(16)6-17/h4-5,7,20H,2-3,6H2,1H3,(H,15,18). The van der Waals surface area contributed by atoms with E-state index in [9.17, 15) is 9.59 Å². The summed E-state index contributed by atoms with van der Waals surface area (Å²) < 4.78 is 1.92. The molecule has 2 aromatic rings. The van der Waals surface area contributed by atoms with E-state index in [4.69, 9.17) is 5.21 Å². The number of hydroxylamine groups is 1. The zero-order valence-electron chi connectivity index (χ0n) is 11.4. The molecule has 1 aliphatic heterocycles. The summed E-state index contributed by atoms with van der Waals surface area (Å²) in [6.45, 7) is 3.47. The van der Waals surface area contributed by atoms with E-state index in [-0.39, 0.29) is 5.91 Å². The Morgan fingerprint density at radius 3 is 2.90 bits per heavy atom. The van der Waals surface area contributed by atoms with Gasteiger partial charge in [-0.05, 0) is 13.0 Å². The number of aromatic nitrogens is 2. The average Bonchev–Trinajstić information content (AvgIpc) is 3.10. The third kappa shape index (κ3) is 2.55. The van der Waals surface area contributed by atoms with E-state index in [0.29, 0.717) is 30.9 Å². The van der Waals surface area contributed by atoms with Crippen LogP contribution >= 0.6 is 11.3 Å². The van der Waals surface area contributed by atoms with Crippen LogP contribution in [0.1, 0.15) is 31.5 Å². The lowest BCUT2D eigenvalue weighted by Crippen LogP contribution is -2.38. The highest BCUT2D eigenvalue weighted by atomic mass is 32.1. The Hall–Kier alpha value is -2.19. The molecule has 0 aliphatic carbocycles. The highest BCUT2D eigenvalue weighted by Crippen LogP contribution is 2.19. The average molecular weight is 306 g/mol. The molecule has 0 fully saturated rings. The molecule has 7 nitrogen and oxygen atoms in total. The number of carbonyl (C=O) groups excluding carboxylic acids is 2. The number of rotatable bonds is 2. The molecule has 1 aliphatic rings. The molecule has 0 atom stereocenters. The van der Waals surface area contributed by atoms with E-state index in [0.717, 1.165) is 10.7 Å². The van der Waals surface area contributed by atoms with Crippen LogP contribution in [0, 0.1) is 6.92 Å². The number of fused-ring (bicyclic) bond motifs is 1. The lowest BCUT2D eigenvalue weighted by atomic mass is 10.2. The molecule has 0 bridgehead atoms. The normalized spacial score (nSPS) is 13.9. The van der Waals surface area contributed by atoms with E-state index in [1.165, 1.54) is 11.3 Å². The van der Waals surface area contributed by atoms with E-state index in [1.807, 2.05) is 11.5 Å². The Morgan fingerprint density at radius 2 is 2.24 bits per heavy atom. The summed E-state index contributed by atoms with van der Waals surface area (Å²) in [6.07, 6.45) is 1.68. The first-order valence-electron chi connectivity index (χ1n) is 6.43. The van der Waals surface area contributed by atoms with Crippen LogP contribution in [0.25, 0.3) is 0 Å². The van der Waals surface area contributed by atoms with Crippen molar-refractivity contribution in [3.63, 3.8) is 0 Å². The number of aryl methyl sites for hydroxylation is 1. The summed E-state index contributed by atoms with van der Waals surface area (Å²) in [4.78, 5) is 29.7. The molecule has 21 heavy (non-hydrogen) atoms. The summed E-state index contributed by atoms with van der Waals surface area (Å²) >= 11 is 1.45. The number of hydrogen-bond donors (Lipinski definition) is 2. The fraction of sp³-hybridized carbons (Fsp3) is 0.308. The Bertz CT molecular complexity index is 706.